The summed E-state index contributed by atoms with van der Waals surface area (Å²) in [5.74, 6) is -1.90. The van der Waals surface area contributed by atoms with Crippen molar-refractivity contribution in [3.63, 3.8) is 0 Å². The number of halogens is 4. The van der Waals surface area contributed by atoms with Gasteiger partial charge >= 0.3 is 0 Å². The number of thioether (sulfide) groups is 1. The molecule has 0 bridgehead atoms. The first-order chi connectivity index (χ1) is 29.2. The summed E-state index contributed by atoms with van der Waals surface area (Å²) < 4.78 is 4.46. The molecular formula is C40H30Cl4N10O5S2. The fourth-order valence-electron chi connectivity index (χ4n) is 5.94. The van der Waals surface area contributed by atoms with E-state index in [-0.39, 0.29) is 55.0 Å². The van der Waals surface area contributed by atoms with Crippen LogP contribution < -0.4 is 31.7 Å². The Morgan fingerprint density at radius 3 is 2.20 bits per heavy atom. The molecule has 0 spiro atoms. The Kier molecular flexibility index (Phi) is 13.0. The number of para-hydroxylation sites is 1. The van der Waals surface area contributed by atoms with Crippen LogP contribution in [-0.2, 0) is 14.4 Å². The van der Waals surface area contributed by atoms with Crippen molar-refractivity contribution in [2.24, 2.45) is 15.2 Å². The molecular weight excluding hydrogens is 906 g/mol. The zero-order valence-electron chi connectivity index (χ0n) is 31.8. The van der Waals surface area contributed by atoms with Crippen LogP contribution in [0.25, 0.3) is 10.9 Å². The molecule has 61 heavy (non-hydrogen) atoms. The van der Waals surface area contributed by atoms with E-state index in [1.165, 1.54) is 43.1 Å². The number of nitrogens with zero attached hydrogens (tertiary/aromatic N) is 5. The molecule has 1 aliphatic heterocycles. The molecule has 6 N–H and O–H groups in total. The maximum atomic E-state index is 14.3. The van der Waals surface area contributed by atoms with Gasteiger partial charge in [0.1, 0.15) is 16.8 Å². The number of nitrogens with one attached hydrogen (secondary N) is 5. The molecule has 1 atom stereocenters. The second-order valence-electron chi connectivity index (χ2n) is 13.0. The third kappa shape index (κ3) is 9.67. The van der Waals surface area contributed by atoms with Crippen molar-refractivity contribution in [3.8, 4) is 5.75 Å². The molecule has 1 fully saturated rings. The maximum absolute atomic E-state index is 14.3. The number of azo groups is 1. The van der Waals surface area contributed by atoms with Crippen LogP contribution in [0.5, 0.6) is 5.75 Å². The summed E-state index contributed by atoms with van der Waals surface area (Å²) in [5, 5.41) is 32.3. The predicted molar refractivity (Wildman–Crippen MR) is 245 cm³/mol. The van der Waals surface area contributed by atoms with E-state index in [9.17, 15) is 24.3 Å². The van der Waals surface area contributed by atoms with Gasteiger partial charge in [-0.05, 0) is 84.3 Å². The molecule has 1 aliphatic rings. The van der Waals surface area contributed by atoms with Gasteiger partial charge in [-0.1, -0.05) is 58.5 Å². The van der Waals surface area contributed by atoms with Crippen molar-refractivity contribution in [1.82, 2.24) is 9.80 Å². The number of benzene rings is 5. The average Bonchev–Trinajstić information content (AvgIpc) is 3.75. The molecule has 0 aliphatic carbocycles. The van der Waals surface area contributed by atoms with E-state index < -0.39 is 28.9 Å². The second kappa shape index (κ2) is 18.3. The largest absolute Gasteiger partial charge is 0.504 e. The number of hydrogen-bond donors (Lipinski definition) is 6. The SMILES string of the molecule is CNc1ccc(Cl)c(N=C2NN(c3c(Cl)cc(Cl)cc3Cl)C(=O)C2Sc2ccccc2NC(=O)c2ccc3c(N=Nc4cc(NC(C)=O)c(O)c(NC(C)=O)c4)snc3c2)c1. The van der Waals surface area contributed by atoms with Crippen LogP contribution in [0.15, 0.2) is 105 Å². The normalized spacial score (nSPS) is 14.4. The number of carbonyl (C=O) groups is 4. The topological polar surface area (TPSA) is 202 Å². The number of hydrogen-bond acceptors (Lipinski definition) is 12. The van der Waals surface area contributed by atoms with Crippen LogP contribution in [0.4, 0.5) is 44.8 Å². The lowest BCUT2D eigenvalue weighted by Gasteiger charge is -2.19. The molecule has 5 aromatic carbocycles. The smallest absolute Gasteiger partial charge is 0.267 e. The molecule has 1 saturated heterocycles. The van der Waals surface area contributed by atoms with E-state index >= 15 is 0 Å². The number of fused-ring (bicyclic) bond motifs is 1. The predicted octanol–water partition coefficient (Wildman–Crippen LogP) is 11.0. The van der Waals surface area contributed by atoms with Gasteiger partial charge in [-0.3, -0.25) is 24.6 Å². The van der Waals surface area contributed by atoms with Gasteiger partial charge in [0.05, 0.1) is 49.0 Å². The minimum atomic E-state index is -0.982. The Balaban J connectivity index is 1.15. The van der Waals surface area contributed by atoms with Crippen molar-refractivity contribution >= 4 is 155 Å². The van der Waals surface area contributed by atoms with E-state index in [2.05, 4.69) is 41.3 Å². The first-order valence-electron chi connectivity index (χ1n) is 17.8. The highest BCUT2D eigenvalue weighted by Gasteiger charge is 2.41. The Bertz CT molecular complexity index is 2780. The minimum Gasteiger partial charge on any atom is -0.504 e. The van der Waals surface area contributed by atoms with Crippen LogP contribution in [0, 0.1) is 0 Å². The number of aromatic nitrogens is 1. The lowest BCUT2D eigenvalue weighted by molar-refractivity contribution is -0.117. The summed E-state index contributed by atoms with van der Waals surface area (Å²) in [6, 6.07) is 22.9. The van der Waals surface area contributed by atoms with Crippen molar-refractivity contribution < 1.29 is 24.3 Å². The zero-order valence-corrected chi connectivity index (χ0v) is 36.5. The summed E-state index contributed by atoms with van der Waals surface area (Å²) in [7, 11) is 1.76. The lowest BCUT2D eigenvalue weighted by Crippen LogP contribution is -2.36. The quantitative estimate of drug-likeness (QED) is 0.0540. The molecule has 7 rings (SSSR count). The van der Waals surface area contributed by atoms with E-state index in [1.54, 1.807) is 67.7 Å². The van der Waals surface area contributed by atoms with E-state index in [1.807, 2.05) is 0 Å². The summed E-state index contributed by atoms with van der Waals surface area (Å²) in [6.07, 6.45) is 0. The summed E-state index contributed by atoms with van der Waals surface area (Å²) in [5.41, 5.74) is 5.85. The number of carbonyl (C=O) groups excluding carboxylic acids is 4. The highest BCUT2D eigenvalue weighted by Crippen LogP contribution is 2.42. The fourth-order valence-corrected chi connectivity index (χ4v) is 8.85. The molecule has 0 saturated carbocycles. The van der Waals surface area contributed by atoms with Gasteiger partial charge in [-0.25, -0.2) is 10.0 Å². The average molecular weight is 937 g/mol. The van der Waals surface area contributed by atoms with Crippen molar-refractivity contribution in [3.05, 3.63) is 111 Å². The highest BCUT2D eigenvalue weighted by molar-refractivity contribution is 8.01. The van der Waals surface area contributed by atoms with Crippen molar-refractivity contribution in [1.29, 1.82) is 0 Å². The fraction of sp³-hybridized carbons (Fsp3) is 0.100. The van der Waals surface area contributed by atoms with Crippen molar-refractivity contribution in [2.75, 3.05) is 33.3 Å². The third-order valence-corrected chi connectivity index (χ3v) is 11.8. The first-order valence-corrected chi connectivity index (χ1v) is 21.0. The molecule has 15 nitrogen and oxygen atoms in total. The molecule has 310 valence electrons. The van der Waals surface area contributed by atoms with Gasteiger partial charge in [0.2, 0.25) is 11.8 Å². The van der Waals surface area contributed by atoms with Gasteiger partial charge in [0, 0.05) is 47.5 Å². The number of phenolic OH excluding ortho intramolecular Hbond substituents is 1. The van der Waals surface area contributed by atoms with Crippen LogP contribution in [0.2, 0.25) is 20.1 Å². The molecule has 21 heteroatoms. The van der Waals surface area contributed by atoms with Crippen LogP contribution in [-0.4, -0.2) is 51.2 Å². The van der Waals surface area contributed by atoms with Gasteiger partial charge in [0.25, 0.3) is 11.8 Å². The Hall–Kier alpha value is -5.95. The number of hydrazine groups is 1. The summed E-state index contributed by atoms with van der Waals surface area (Å²) in [6.45, 7) is 2.55. The number of aromatic hydroxyl groups is 1. The number of amides is 4. The number of phenols is 1. The zero-order chi connectivity index (χ0) is 43.5. The summed E-state index contributed by atoms with van der Waals surface area (Å²) in [4.78, 5) is 56.8. The van der Waals surface area contributed by atoms with Crippen LogP contribution in [0.1, 0.15) is 24.2 Å². The monoisotopic (exact) mass is 934 g/mol. The van der Waals surface area contributed by atoms with E-state index in [0.717, 1.165) is 29.0 Å². The molecule has 1 unspecified atom stereocenters. The standard InChI is InChI=1S/C40H30Cl4N10O5S2/c1-18(55)46-31-16-23(17-32(35(31)57)47-19(2)56)50-51-39-24-10-8-20(12-29(24)53-61-39)38(58)49-28-6-4-5-7-33(28)60-36-37(48-30-15-22(45-3)9-11-25(30)42)52-54(40(36)59)34-26(43)13-21(41)14-27(34)44/h4-17,36,45,57H,1-3H3,(H,46,55)(H,47,56)(H,48,52)(H,49,58). The Labute approximate surface area is 375 Å². The Morgan fingerprint density at radius 1 is 0.836 bits per heavy atom. The van der Waals surface area contributed by atoms with Gasteiger partial charge in [0.15, 0.2) is 10.8 Å². The van der Waals surface area contributed by atoms with Crippen molar-refractivity contribution in [2.45, 2.75) is 24.0 Å². The number of rotatable bonds is 11. The van der Waals surface area contributed by atoms with Gasteiger partial charge in [-0.2, -0.15) is 4.37 Å². The van der Waals surface area contributed by atoms with E-state index in [0.29, 0.717) is 37.2 Å². The van der Waals surface area contributed by atoms with Crippen LogP contribution >= 0.6 is 69.7 Å². The second-order valence-corrected chi connectivity index (χ2v) is 16.6. The molecule has 0 radical (unpaired) electrons. The number of amidine groups is 1. The Morgan fingerprint density at radius 2 is 1.52 bits per heavy atom. The maximum Gasteiger partial charge on any atom is 0.267 e. The molecule has 4 amide bonds. The number of aliphatic imine (C=N–C) groups is 1. The van der Waals surface area contributed by atoms with E-state index in [4.69, 9.17) is 51.4 Å². The lowest BCUT2D eigenvalue weighted by atomic mass is 10.1. The first kappa shape index (κ1) is 43.1. The van der Waals surface area contributed by atoms with Gasteiger partial charge < -0.3 is 26.4 Å². The summed E-state index contributed by atoms with van der Waals surface area (Å²) >= 11 is 28.0. The van der Waals surface area contributed by atoms with Gasteiger partial charge in [-0.15, -0.1) is 22.0 Å². The molecule has 1 aromatic heterocycles. The minimum absolute atomic E-state index is 0.0349. The molecule has 2 heterocycles. The van der Waals surface area contributed by atoms with Crippen LogP contribution in [0.3, 0.4) is 0 Å². The highest BCUT2D eigenvalue weighted by atomic mass is 35.5. The number of anilines is 5. The molecule has 6 aromatic rings. The third-order valence-electron chi connectivity index (χ3n) is 8.67.